The Morgan fingerprint density at radius 3 is 2.17 bits per heavy atom. The molecule has 0 amide bonds. The molecule has 0 bridgehead atoms. The molecule has 0 unspecified atom stereocenters. The lowest BCUT2D eigenvalue weighted by Crippen LogP contribution is -2.72. The van der Waals surface area contributed by atoms with E-state index in [1.54, 1.807) is 14.2 Å². The Kier molecular flexibility index (Phi) is 2.08. The second-order valence-electron chi connectivity index (χ2n) is 3.54. The average Bonchev–Trinajstić information content (AvgIpc) is 1.92. The van der Waals surface area contributed by atoms with E-state index >= 15 is 0 Å². The third-order valence-corrected chi connectivity index (χ3v) is 2.91. The van der Waals surface area contributed by atoms with E-state index in [4.69, 9.17) is 9.47 Å². The highest BCUT2D eigenvalue weighted by atomic mass is 16.7. The minimum absolute atomic E-state index is 0.310. The van der Waals surface area contributed by atoms with Gasteiger partial charge in [-0.1, -0.05) is 0 Å². The van der Waals surface area contributed by atoms with Crippen LogP contribution in [0.3, 0.4) is 0 Å². The van der Waals surface area contributed by atoms with E-state index < -0.39 is 0 Å². The summed E-state index contributed by atoms with van der Waals surface area (Å²) in [6.07, 6.45) is 0. The van der Waals surface area contributed by atoms with Crippen molar-refractivity contribution >= 4 is 0 Å². The van der Waals surface area contributed by atoms with Crippen molar-refractivity contribution in [2.75, 3.05) is 40.4 Å². The van der Waals surface area contributed by atoms with Crippen LogP contribution in [0, 0.1) is 0 Å². The predicted molar refractivity (Wildman–Crippen MR) is 45.0 cm³/mol. The first-order chi connectivity index (χ1) is 5.79. The van der Waals surface area contributed by atoms with Gasteiger partial charge in [-0.3, -0.25) is 4.90 Å². The molecule has 4 heteroatoms. The lowest BCUT2D eigenvalue weighted by Gasteiger charge is -2.53. The van der Waals surface area contributed by atoms with Gasteiger partial charge in [0.1, 0.15) is 0 Å². The Hall–Kier alpha value is -0.160. The van der Waals surface area contributed by atoms with Crippen LogP contribution in [-0.2, 0) is 9.47 Å². The van der Waals surface area contributed by atoms with Crippen LogP contribution in [0.25, 0.3) is 0 Å². The summed E-state index contributed by atoms with van der Waals surface area (Å²) in [6.45, 7) is 4.05. The molecule has 0 aliphatic carbocycles. The van der Waals surface area contributed by atoms with Gasteiger partial charge in [-0.25, -0.2) is 0 Å². The van der Waals surface area contributed by atoms with E-state index in [0.29, 0.717) is 6.04 Å². The number of rotatable bonds is 3. The van der Waals surface area contributed by atoms with Gasteiger partial charge in [0.25, 0.3) is 0 Å². The molecule has 0 spiro atoms. The van der Waals surface area contributed by atoms with Crippen molar-refractivity contribution in [2.24, 2.45) is 0 Å². The molecule has 0 aromatic rings. The number of hydrogen-bond donors (Lipinski definition) is 1. The minimum atomic E-state index is -0.310. The third-order valence-electron chi connectivity index (χ3n) is 2.91. The zero-order chi connectivity index (χ0) is 8.60. The molecule has 2 aliphatic rings. The van der Waals surface area contributed by atoms with Crippen molar-refractivity contribution in [2.45, 2.75) is 11.8 Å². The Morgan fingerprint density at radius 2 is 1.83 bits per heavy atom. The first-order valence-corrected chi connectivity index (χ1v) is 4.35. The minimum Gasteiger partial charge on any atom is -0.351 e. The average molecular weight is 172 g/mol. The first-order valence-electron chi connectivity index (χ1n) is 4.35. The van der Waals surface area contributed by atoms with Crippen molar-refractivity contribution < 1.29 is 9.47 Å². The fourth-order valence-electron chi connectivity index (χ4n) is 1.70. The zero-order valence-corrected chi connectivity index (χ0v) is 7.67. The maximum absolute atomic E-state index is 5.29. The van der Waals surface area contributed by atoms with Gasteiger partial charge in [0.05, 0.1) is 13.1 Å². The highest BCUT2D eigenvalue weighted by Gasteiger charge is 2.47. The summed E-state index contributed by atoms with van der Waals surface area (Å²) in [6, 6.07) is 0.712. The van der Waals surface area contributed by atoms with Crippen LogP contribution in [0.4, 0.5) is 0 Å². The van der Waals surface area contributed by atoms with Crippen molar-refractivity contribution in [3.8, 4) is 0 Å². The molecule has 2 heterocycles. The van der Waals surface area contributed by atoms with Gasteiger partial charge in [-0.15, -0.1) is 0 Å². The van der Waals surface area contributed by atoms with Crippen molar-refractivity contribution in [1.29, 1.82) is 0 Å². The number of methoxy groups -OCH3 is 2. The summed E-state index contributed by atoms with van der Waals surface area (Å²) in [7, 11) is 3.42. The molecule has 0 aromatic heterocycles. The van der Waals surface area contributed by atoms with Gasteiger partial charge in [0, 0.05) is 33.4 Å². The molecule has 2 fully saturated rings. The predicted octanol–water partition coefficient (Wildman–Crippen LogP) is -0.737. The largest absolute Gasteiger partial charge is 0.351 e. The van der Waals surface area contributed by atoms with Crippen LogP contribution in [0.5, 0.6) is 0 Å². The van der Waals surface area contributed by atoms with Gasteiger partial charge < -0.3 is 14.8 Å². The summed E-state index contributed by atoms with van der Waals surface area (Å²) in [5.41, 5.74) is 0. The van der Waals surface area contributed by atoms with E-state index in [9.17, 15) is 0 Å². The molecule has 70 valence electrons. The van der Waals surface area contributed by atoms with Crippen LogP contribution in [0.15, 0.2) is 0 Å². The SMILES string of the molecule is COC1(OC)CN(C2CNC2)C1. The molecule has 0 radical (unpaired) electrons. The van der Waals surface area contributed by atoms with Crippen LogP contribution >= 0.6 is 0 Å². The molecule has 0 aromatic carbocycles. The first kappa shape index (κ1) is 8.44. The fourth-order valence-corrected chi connectivity index (χ4v) is 1.70. The van der Waals surface area contributed by atoms with Crippen LogP contribution in [0.2, 0.25) is 0 Å². The Labute approximate surface area is 72.8 Å². The second-order valence-corrected chi connectivity index (χ2v) is 3.54. The number of nitrogens with zero attached hydrogens (tertiary/aromatic N) is 1. The molecule has 2 rings (SSSR count). The third kappa shape index (κ3) is 1.15. The molecule has 0 atom stereocenters. The highest BCUT2D eigenvalue weighted by molar-refractivity contribution is 4.97. The van der Waals surface area contributed by atoms with Gasteiger partial charge in [-0.05, 0) is 0 Å². The van der Waals surface area contributed by atoms with Crippen LogP contribution < -0.4 is 5.32 Å². The van der Waals surface area contributed by atoms with Crippen molar-refractivity contribution in [1.82, 2.24) is 10.2 Å². The summed E-state index contributed by atoms with van der Waals surface area (Å²) in [4.78, 5) is 2.39. The molecule has 4 nitrogen and oxygen atoms in total. The number of ether oxygens (including phenoxy) is 2. The van der Waals surface area contributed by atoms with Gasteiger partial charge >= 0.3 is 0 Å². The lowest BCUT2D eigenvalue weighted by atomic mass is 10.0. The molecule has 1 N–H and O–H groups in total. The lowest BCUT2D eigenvalue weighted by molar-refractivity contribution is -0.284. The quantitative estimate of drug-likeness (QED) is 0.569. The Morgan fingerprint density at radius 1 is 1.25 bits per heavy atom. The molecule has 12 heavy (non-hydrogen) atoms. The van der Waals surface area contributed by atoms with Gasteiger partial charge in [0.15, 0.2) is 5.79 Å². The molecular formula is C8H16N2O2. The number of nitrogens with one attached hydrogen (secondary N) is 1. The summed E-state index contributed by atoms with van der Waals surface area (Å²) in [5, 5.41) is 3.25. The summed E-state index contributed by atoms with van der Waals surface area (Å²) in [5.74, 6) is -0.310. The van der Waals surface area contributed by atoms with Gasteiger partial charge in [-0.2, -0.15) is 0 Å². The van der Waals surface area contributed by atoms with E-state index in [2.05, 4.69) is 10.2 Å². The van der Waals surface area contributed by atoms with E-state index in [1.807, 2.05) is 0 Å². The Balaban J connectivity index is 1.80. The molecular weight excluding hydrogens is 156 g/mol. The topological polar surface area (TPSA) is 33.7 Å². The van der Waals surface area contributed by atoms with Crippen LogP contribution in [-0.4, -0.2) is 57.1 Å². The zero-order valence-electron chi connectivity index (χ0n) is 7.67. The normalized spacial score (nSPS) is 29.5. The molecule has 0 saturated carbocycles. The number of hydrogen-bond acceptors (Lipinski definition) is 4. The fraction of sp³-hybridized carbons (Fsp3) is 1.00. The summed E-state index contributed by atoms with van der Waals surface area (Å²) < 4.78 is 10.6. The monoisotopic (exact) mass is 172 g/mol. The molecule has 2 aliphatic heterocycles. The number of likely N-dealkylation sites (tertiary alicyclic amines) is 1. The standard InChI is InChI=1S/C8H16N2O2/c1-11-8(12-2)5-10(6-8)7-3-9-4-7/h7,9H,3-6H2,1-2H3. The van der Waals surface area contributed by atoms with Crippen molar-refractivity contribution in [3.05, 3.63) is 0 Å². The maximum Gasteiger partial charge on any atom is 0.193 e. The highest BCUT2D eigenvalue weighted by Crippen LogP contribution is 2.27. The van der Waals surface area contributed by atoms with Gasteiger partial charge in [0.2, 0.25) is 0 Å². The second kappa shape index (κ2) is 2.96. The Bertz CT molecular complexity index is 158. The van der Waals surface area contributed by atoms with E-state index in [-0.39, 0.29) is 5.79 Å². The van der Waals surface area contributed by atoms with Crippen LogP contribution in [0.1, 0.15) is 0 Å². The van der Waals surface area contributed by atoms with E-state index in [1.165, 1.54) is 0 Å². The van der Waals surface area contributed by atoms with E-state index in [0.717, 1.165) is 26.2 Å². The summed E-state index contributed by atoms with van der Waals surface area (Å²) >= 11 is 0. The molecule has 2 saturated heterocycles. The maximum atomic E-state index is 5.29. The smallest absolute Gasteiger partial charge is 0.193 e. The van der Waals surface area contributed by atoms with Crippen molar-refractivity contribution in [3.63, 3.8) is 0 Å².